The zero-order valence-electron chi connectivity index (χ0n) is 20.1. The van der Waals surface area contributed by atoms with Crippen LogP contribution in [0.25, 0.3) is 10.8 Å². The van der Waals surface area contributed by atoms with Gasteiger partial charge in [-0.25, -0.2) is 5.43 Å². The molecule has 1 aliphatic heterocycles. The number of hydrazone groups is 1. The Labute approximate surface area is 205 Å². The highest BCUT2D eigenvalue weighted by Gasteiger charge is 2.29. The summed E-state index contributed by atoms with van der Waals surface area (Å²) in [6.07, 6.45) is 1.63. The minimum absolute atomic E-state index is 0.00323. The maximum atomic E-state index is 13.0. The molecule has 0 aromatic heterocycles. The Morgan fingerprint density at radius 1 is 0.914 bits per heavy atom. The van der Waals surface area contributed by atoms with E-state index in [0.29, 0.717) is 12.1 Å². The molecule has 0 atom stereocenters. The van der Waals surface area contributed by atoms with Crippen LogP contribution in [0, 0.1) is 0 Å². The third-order valence-corrected chi connectivity index (χ3v) is 6.36. The number of rotatable bonds is 5. The maximum absolute atomic E-state index is 13.0. The van der Waals surface area contributed by atoms with Gasteiger partial charge in [-0.15, -0.1) is 0 Å². The average Bonchev–Trinajstić information content (AvgIpc) is 3.12. The van der Waals surface area contributed by atoms with Gasteiger partial charge in [-0.05, 0) is 51.8 Å². The third kappa shape index (κ3) is 4.45. The molecule has 0 radical (unpaired) electrons. The topological polar surface area (TPSA) is 61.8 Å². The number of carbonyl (C=O) groups excluding carboxylic acids is 2. The van der Waals surface area contributed by atoms with E-state index >= 15 is 0 Å². The molecule has 0 saturated heterocycles. The number of hydrogen-bond acceptors (Lipinski definition) is 3. The quantitative estimate of drug-likeness (QED) is 0.290. The summed E-state index contributed by atoms with van der Waals surface area (Å²) in [5.74, 6) is -0.281. The molecule has 2 amide bonds. The molecule has 4 aromatic carbocycles. The van der Waals surface area contributed by atoms with E-state index in [2.05, 4.69) is 43.4 Å². The van der Waals surface area contributed by atoms with E-state index in [-0.39, 0.29) is 17.2 Å². The molecule has 0 bridgehead atoms. The van der Waals surface area contributed by atoms with Crippen molar-refractivity contribution >= 4 is 34.5 Å². The van der Waals surface area contributed by atoms with Gasteiger partial charge in [-0.1, -0.05) is 81.4 Å². The smallest absolute Gasteiger partial charge is 0.271 e. The van der Waals surface area contributed by atoms with Gasteiger partial charge in [-0.2, -0.15) is 5.10 Å². The average molecular weight is 462 g/mol. The second-order valence-corrected chi connectivity index (χ2v) is 9.84. The fourth-order valence-electron chi connectivity index (χ4n) is 4.38. The summed E-state index contributed by atoms with van der Waals surface area (Å²) in [4.78, 5) is 27.3. The highest BCUT2D eigenvalue weighted by molar-refractivity contribution is 6.24. The van der Waals surface area contributed by atoms with E-state index in [1.807, 2.05) is 60.7 Å². The SMILES string of the molecule is CC(C)(C)c1ccc(/C=N/NC(=O)c2ccc(CN3C(=O)c4cccc5cccc3c45)cc2)cc1. The van der Waals surface area contributed by atoms with E-state index in [1.54, 1.807) is 23.2 Å². The first-order chi connectivity index (χ1) is 16.8. The van der Waals surface area contributed by atoms with E-state index in [1.165, 1.54) is 5.56 Å². The number of carbonyl (C=O) groups is 2. The lowest BCUT2D eigenvalue weighted by molar-refractivity contribution is 0.0953. The van der Waals surface area contributed by atoms with Gasteiger partial charge in [0.2, 0.25) is 0 Å². The lowest BCUT2D eigenvalue weighted by Gasteiger charge is -2.18. The summed E-state index contributed by atoms with van der Waals surface area (Å²) in [6.45, 7) is 6.95. The monoisotopic (exact) mass is 461 g/mol. The summed E-state index contributed by atoms with van der Waals surface area (Å²) >= 11 is 0. The molecule has 5 rings (SSSR count). The predicted octanol–water partition coefficient (Wildman–Crippen LogP) is 6.06. The van der Waals surface area contributed by atoms with Gasteiger partial charge in [-0.3, -0.25) is 9.59 Å². The van der Waals surface area contributed by atoms with Crippen molar-refractivity contribution in [3.05, 3.63) is 113 Å². The highest BCUT2D eigenvalue weighted by Crippen LogP contribution is 2.38. The molecule has 5 nitrogen and oxygen atoms in total. The lowest BCUT2D eigenvalue weighted by atomic mass is 9.87. The maximum Gasteiger partial charge on any atom is 0.271 e. The molecule has 5 heteroatoms. The fraction of sp³-hybridized carbons (Fsp3) is 0.167. The van der Waals surface area contributed by atoms with Crippen molar-refractivity contribution in [1.29, 1.82) is 0 Å². The van der Waals surface area contributed by atoms with Crippen LogP contribution in [-0.4, -0.2) is 18.0 Å². The minimum atomic E-state index is -0.284. The Balaban J connectivity index is 1.23. The van der Waals surface area contributed by atoms with Crippen molar-refractivity contribution in [2.75, 3.05) is 4.90 Å². The zero-order chi connectivity index (χ0) is 24.6. The van der Waals surface area contributed by atoms with Gasteiger partial charge in [0.15, 0.2) is 0 Å². The van der Waals surface area contributed by atoms with Crippen molar-refractivity contribution in [3.63, 3.8) is 0 Å². The molecule has 0 fully saturated rings. The summed E-state index contributed by atoms with van der Waals surface area (Å²) in [5.41, 5.74) is 7.95. The van der Waals surface area contributed by atoms with Crippen molar-refractivity contribution in [2.45, 2.75) is 32.7 Å². The molecule has 0 aliphatic carbocycles. The second kappa shape index (κ2) is 8.84. The molecule has 0 spiro atoms. The molecule has 4 aromatic rings. The van der Waals surface area contributed by atoms with Crippen LogP contribution in [0.5, 0.6) is 0 Å². The molecule has 1 heterocycles. The van der Waals surface area contributed by atoms with Crippen LogP contribution in [0.3, 0.4) is 0 Å². The van der Waals surface area contributed by atoms with Crippen molar-refractivity contribution < 1.29 is 9.59 Å². The number of benzene rings is 4. The fourth-order valence-corrected chi connectivity index (χ4v) is 4.38. The number of nitrogens with one attached hydrogen (secondary N) is 1. The third-order valence-electron chi connectivity index (χ3n) is 6.36. The summed E-state index contributed by atoms with van der Waals surface area (Å²) < 4.78 is 0. The number of anilines is 1. The van der Waals surface area contributed by atoms with E-state index in [4.69, 9.17) is 0 Å². The summed E-state index contributed by atoms with van der Waals surface area (Å²) in [7, 11) is 0. The largest absolute Gasteiger partial charge is 0.303 e. The minimum Gasteiger partial charge on any atom is -0.303 e. The number of hydrogen-bond donors (Lipinski definition) is 1. The van der Waals surface area contributed by atoms with Gasteiger partial charge in [0.1, 0.15) is 0 Å². The van der Waals surface area contributed by atoms with E-state index < -0.39 is 0 Å². The normalized spacial score (nSPS) is 13.1. The number of nitrogens with zero attached hydrogens (tertiary/aromatic N) is 2. The first kappa shape index (κ1) is 22.5. The van der Waals surface area contributed by atoms with Gasteiger partial charge < -0.3 is 4.90 Å². The molecule has 1 aliphatic rings. The van der Waals surface area contributed by atoms with Gasteiger partial charge >= 0.3 is 0 Å². The Morgan fingerprint density at radius 2 is 1.60 bits per heavy atom. The second-order valence-electron chi connectivity index (χ2n) is 9.84. The Bertz CT molecular complexity index is 1440. The first-order valence-electron chi connectivity index (χ1n) is 11.7. The summed E-state index contributed by atoms with van der Waals surface area (Å²) in [6, 6.07) is 27.2. The van der Waals surface area contributed by atoms with Gasteiger partial charge in [0.05, 0.1) is 18.4 Å². The van der Waals surface area contributed by atoms with Crippen LogP contribution in [-0.2, 0) is 12.0 Å². The molecule has 1 N–H and O–H groups in total. The van der Waals surface area contributed by atoms with Crippen molar-refractivity contribution in [2.24, 2.45) is 5.10 Å². The first-order valence-corrected chi connectivity index (χ1v) is 11.7. The molecular weight excluding hydrogens is 434 g/mol. The zero-order valence-corrected chi connectivity index (χ0v) is 20.1. The van der Waals surface area contributed by atoms with Crippen LogP contribution < -0.4 is 10.3 Å². The Kier molecular flexibility index (Phi) is 5.69. The van der Waals surface area contributed by atoms with Crippen molar-refractivity contribution in [3.8, 4) is 0 Å². The van der Waals surface area contributed by atoms with Gasteiger partial charge in [0, 0.05) is 16.5 Å². The van der Waals surface area contributed by atoms with Gasteiger partial charge in [0.25, 0.3) is 11.8 Å². The molecule has 35 heavy (non-hydrogen) atoms. The standard InChI is InChI=1S/C30H27N3O2/c1-30(2,3)24-16-12-20(13-17-24)18-31-32-28(34)23-14-10-21(11-15-23)19-33-26-9-5-7-22-6-4-8-25(27(22)26)29(33)35/h4-18H,19H2,1-3H3,(H,32,34)/b31-18+. The lowest BCUT2D eigenvalue weighted by Crippen LogP contribution is -2.26. The van der Waals surface area contributed by atoms with E-state index in [9.17, 15) is 9.59 Å². The molecule has 0 saturated carbocycles. The highest BCUT2D eigenvalue weighted by atomic mass is 16.2. The summed E-state index contributed by atoms with van der Waals surface area (Å²) in [5, 5.41) is 6.16. The molecular formula is C30H27N3O2. The van der Waals surface area contributed by atoms with Crippen LogP contribution in [0.4, 0.5) is 5.69 Å². The predicted molar refractivity (Wildman–Crippen MR) is 141 cm³/mol. The Morgan fingerprint density at radius 3 is 2.29 bits per heavy atom. The van der Waals surface area contributed by atoms with Crippen LogP contribution in [0.15, 0.2) is 90.0 Å². The Hall–Kier alpha value is -4.25. The van der Waals surface area contributed by atoms with Crippen LogP contribution >= 0.6 is 0 Å². The van der Waals surface area contributed by atoms with E-state index in [0.717, 1.165) is 33.2 Å². The van der Waals surface area contributed by atoms with Crippen LogP contribution in [0.1, 0.15) is 58.2 Å². The molecule has 0 unspecified atom stereocenters. The number of amides is 2. The van der Waals surface area contributed by atoms with Crippen LogP contribution in [0.2, 0.25) is 0 Å². The van der Waals surface area contributed by atoms with Crippen molar-refractivity contribution in [1.82, 2.24) is 5.43 Å². The molecule has 174 valence electrons.